The molecule has 0 spiro atoms. The molecule has 2 nitrogen and oxygen atoms in total. The summed E-state index contributed by atoms with van der Waals surface area (Å²) in [6, 6.07) is 0. The van der Waals surface area contributed by atoms with Crippen LogP contribution in [0, 0.1) is 0 Å². The zero-order valence-electron chi connectivity index (χ0n) is 8.26. The van der Waals surface area contributed by atoms with Gasteiger partial charge in [-0.25, -0.2) is 0 Å². The molecule has 1 fully saturated rings. The van der Waals surface area contributed by atoms with E-state index in [0.29, 0.717) is 0 Å². The van der Waals surface area contributed by atoms with Crippen LogP contribution in [0.3, 0.4) is 0 Å². The Hall–Kier alpha value is -1.12. The van der Waals surface area contributed by atoms with Crippen molar-refractivity contribution in [1.29, 1.82) is 0 Å². The van der Waals surface area contributed by atoms with E-state index in [1.807, 2.05) is 0 Å². The molecule has 2 heteroatoms. The molecule has 1 heterocycles. The van der Waals surface area contributed by atoms with Crippen molar-refractivity contribution in [2.24, 2.45) is 0 Å². The number of rotatable bonds is 4. The molecule has 1 aliphatic heterocycles. The minimum atomic E-state index is -0.160. The first kappa shape index (κ1) is 11.0. The summed E-state index contributed by atoms with van der Waals surface area (Å²) in [5, 5.41) is 0. The van der Waals surface area contributed by atoms with Gasteiger partial charge >= 0.3 is 0 Å². The van der Waals surface area contributed by atoms with E-state index in [1.54, 1.807) is 24.3 Å². The van der Waals surface area contributed by atoms with Crippen molar-refractivity contribution in [3.05, 3.63) is 50.6 Å². The Morgan fingerprint density at radius 2 is 0.786 bits per heavy atom. The molecule has 0 bridgehead atoms. The summed E-state index contributed by atoms with van der Waals surface area (Å²) in [7, 11) is 0. The lowest BCUT2D eigenvalue weighted by Crippen LogP contribution is -2.45. The molecule has 0 aromatic carbocycles. The van der Waals surface area contributed by atoms with Crippen LogP contribution in [0.25, 0.3) is 0 Å². The van der Waals surface area contributed by atoms with Crippen molar-refractivity contribution in [3.8, 4) is 0 Å². The molecule has 4 unspecified atom stereocenters. The Bertz CT molecular complexity index is 195. The molecule has 0 amide bonds. The van der Waals surface area contributed by atoms with Crippen LogP contribution in [0.15, 0.2) is 50.6 Å². The van der Waals surface area contributed by atoms with Gasteiger partial charge < -0.3 is 9.47 Å². The van der Waals surface area contributed by atoms with E-state index < -0.39 is 0 Å². The number of hydrogen-bond acceptors (Lipinski definition) is 2. The highest BCUT2D eigenvalue weighted by atomic mass is 16.6. The zero-order valence-corrected chi connectivity index (χ0v) is 8.26. The zero-order chi connectivity index (χ0) is 10.6. The molecule has 1 rings (SSSR count). The van der Waals surface area contributed by atoms with E-state index >= 15 is 0 Å². The highest BCUT2D eigenvalue weighted by Crippen LogP contribution is 2.23. The van der Waals surface area contributed by atoms with Crippen LogP contribution in [0.4, 0.5) is 0 Å². The van der Waals surface area contributed by atoms with Crippen molar-refractivity contribution in [1.82, 2.24) is 0 Å². The Kier molecular flexibility index (Phi) is 3.86. The van der Waals surface area contributed by atoms with Crippen LogP contribution in [0.5, 0.6) is 0 Å². The lowest BCUT2D eigenvalue weighted by Gasteiger charge is -2.37. The van der Waals surface area contributed by atoms with Crippen LogP contribution in [0.2, 0.25) is 0 Å². The van der Waals surface area contributed by atoms with Crippen molar-refractivity contribution in [2.75, 3.05) is 0 Å². The van der Waals surface area contributed by atoms with E-state index in [2.05, 4.69) is 26.3 Å². The van der Waals surface area contributed by atoms with E-state index in [0.717, 1.165) is 0 Å². The maximum atomic E-state index is 5.69. The van der Waals surface area contributed by atoms with Gasteiger partial charge in [0.2, 0.25) is 0 Å². The van der Waals surface area contributed by atoms with Gasteiger partial charge in [0.25, 0.3) is 0 Å². The predicted octanol–water partition coefficient (Wildman–Crippen LogP) is 2.25. The highest BCUT2D eigenvalue weighted by Gasteiger charge is 2.32. The average Bonchev–Trinajstić information content (AvgIpc) is 2.26. The highest BCUT2D eigenvalue weighted by molar-refractivity contribution is 5.06. The Morgan fingerprint density at radius 1 is 0.571 bits per heavy atom. The topological polar surface area (TPSA) is 18.5 Å². The summed E-state index contributed by atoms with van der Waals surface area (Å²) in [4.78, 5) is 0. The average molecular weight is 192 g/mol. The monoisotopic (exact) mass is 192 g/mol. The molecule has 0 aromatic rings. The first-order valence-electron chi connectivity index (χ1n) is 4.58. The number of hydrogen-bond donors (Lipinski definition) is 0. The summed E-state index contributed by atoms with van der Waals surface area (Å²) in [5.41, 5.74) is 0. The molecule has 76 valence electrons. The van der Waals surface area contributed by atoms with Gasteiger partial charge in [0.1, 0.15) is 24.4 Å². The predicted molar refractivity (Wildman–Crippen MR) is 58.1 cm³/mol. The molecule has 14 heavy (non-hydrogen) atoms. The molecular formula is C12H16O2. The third-order valence-corrected chi connectivity index (χ3v) is 2.21. The summed E-state index contributed by atoms with van der Waals surface area (Å²) >= 11 is 0. The second-order valence-electron chi connectivity index (χ2n) is 3.07. The van der Waals surface area contributed by atoms with Gasteiger partial charge in [-0.15, -0.1) is 26.3 Å². The molecule has 0 saturated carbocycles. The van der Waals surface area contributed by atoms with Crippen LogP contribution >= 0.6 is 0 Å². The summed E-state index contributed by atoms with van der Waals surface area (Å²) in [6.07, 6.45) is 6.20. The van der Waals surface area contributed by atoms with Crippen LogP contribution in [-0.2, 0) is 9.47 Å². The minimum absolute atomic E-state index is 0.160. The molecule has 4 atom stereocenters. The lowest BCUT2D eigenvalue weighted by atomic mass is 10.1. The van der Waals surface area contributed by atoms with Crippen LogP contribution < -0.4 is 0 Å². The molecule has 0 N–H and O–H groups in total. The SMILES string of the molecule is C=CC1OC(C=C)C(C=C)OC1C=C. The molecule has 0 aromatic heterocycles. The van der Waals surface area contributed by atoms with Crippen LogP contribution in [0.1, 0.15) is 0 Å². The first-order chi connectivity index (χ1) is 6.76. The van der Waals surface area contributed by atoms with Crippen molar-refractivity contribution < 1.29 is 9.47 Å². The van der Waals surface area contributed by atoms with Gasteiger partial charge in [-0.1, -0.05) is 24.3 Å². The molecule has 0 radical (unpaired) electrons. The maximum absolute atomic E-state index is 5.69. The van der Waals surface area contributed by atoms with Gasteiger partial charge in [0, 0.05) is 0 Å². The molecular weight excluding hydrogens is 176 g/mol. The standard InChI is InChI=1S/C12H16O2/c1-5-9-10(6-2)14-12(8-4)11(7-3)13-9/h5-12H,1-4H2. The van der Waals surface area contributed by atoms with E-state index in [1.165, 1.54) is 0 Å². The van der Waals surface area contributed by atoms with E-state index in [9.17, 15) is 0 Å². The van der Waals surface area contributed by atoms with Crippen molar-refractivity contribution in [3.63, 3.8) is 0 Å². The third-order valence-electron chi connectivity index (χ3n) is 2.21. The summed E-state index contributed by atoms with van der Waals surface area (Å²) < 4.78 is 11.4. The minimum Gasteiger partial charge on any atom is -0.361 e. The van der Waals surface area contributed by atoms with Gasteiger partial charge in [0.05, 0.1) is 0 Å². The normalized spacial score (nSPS) is 37.1. The van der Waals surface area contributed by atoms with E-state index in [4.69, 9.17) is 9.47 Å². The quantitative estimate of drug-likeness (QED) is 0.636. The Balaban J connectivity index is 2.78. The largest absolute Gasteiger partial charge is 0.361 e. The molecule has 1 saturated heterocycles. The maximum Gasteiger partial charge on any atom is 0.106 e. The van der Waals surface area contributed by atoms with Gasteiger partial charge in [-0.05, 0) is 0 Å². The smallest absolute Gasteiger partial charge is 0.106 e. The second kappa shape index (κ2) is 4.94. The van der Waals surface area contributed by atoms with Crippen molar-refractivity contribution in [2.45, 2.75) is 24.4 Å². The number of ether oxygens (including phenoxy) is 2. The molecule has 0 aliphatic carbocycles. The lowest BCUT2D eigenvalue weighted by molar-refractivity contribution is -0.158. The van der Waals surface area contributed by atoms with Crippen LogP contribution in [-0.4, -0.2) is 24.4 Å². The first-order valence-corrected chi connectivity index (χ1v) is 4.58. The fraction of sp³-hybridized carbons (Fsp3) is 0.333. The second-order valence-corrected chi connectivity index (χ2v) is 3.07. The fourth-order valence-corrected chi connectivity index (χ4v) is 1.43. The Labute approximate surface area is 85.2 Å². The van der Waals surface area contributed by atoms with Gasteiger partial charge in [-0.2, -0.15) is 0 Å². The third kappa shape index (κ3) is 2.03. The van der Waals surface area contributed by atoms with E-state index in [-0.39, 0.29) is 24.4 Å². The molecule has 1 aliphatic rings. The van der Waals surface area contributed by atoms with Gasteiger partial charge in [0.15, 0.2) is 0 Å². The Morgan fingerprint density at radius 3 is 0.929 bits per heavy atom. The van der Waals surface area contributed by atoms with Gasteiger partial charge in [-0.3, -0.25) is 0 Å². The summed E-state index contributed by atoms with van der Waals surface area (Å²) in [6.45, 7) is 14.8. The fourth-order valence-electron chi connectivity index (χ4n) is 1.43. The summed E-state index contributed by atoms with van der Waals surface area (Å²) in [5.74, 6) is 0. The van der Waals surface area contributed by atoms with Crippen molar-refractivity contribution >= 4 is 0 Å².